The van der Waals surface area contributed by atoms with Gasteiger partial charge >= 0.3 is 5.97 Å². The lowest BCUT2D eigenvalue weighted by Crippen LogP contribution is -2.24. The van der Waals surface area contributed by atoms with E-state index in [2.05, 4.69) is 10.3 Å². The van der Waals surface area contributed by atoms with E-state index in [4.69, 9.17) is 39.5 Å². The number of halogens is 3. The number of anilines is 1. The molecule has 1 amide bonds. The summed E-state index contributed by atoms with van der Waals surface area (Å²) in [5.41, 5.74) is 0.494. The van der Waals surface area contributed by atoms with E-state index in [1.165, 1.54) is 23.0 Å². The molecule has 0 aliphatic heterocycles. The molecule has 0 atom stereocenters. The van der Waals surface area contributed by atoms with E-state index < -0.39 is 18.5 Å². The number of carbonyl (C=O) groups is 2. The molecule has 3 rings (SSSR count). The molecule has 0 fully saturated rings. The Morgan fingerprint density at radius 1 is 1.10 bits per heavy atom. The third kappa shape index (κ3) is 5.26. The zero-order chi connectivity index (χ0) is 21.0. The maximum Gasteiger partial charge on any atom is 0.308 e. The minimum atomic E-state index is -0.645. The Balaban J connectivity index is 1.53. The number of esters is 1. The van der Waals surface area contributed by atoms with E-state index >= 15 is 0 Å². The van der Waals surface area contributed by atoms with Crippen LogP contribution >= 0.6 is 34.8 Å². The maximum absolute atomic E-state index is 12.4. The number of benzene rings is 2. The molecular weight excluding hydrogens is 441 g/mol. The van der Waals surface area contributed by atoms with E-state index in [-0.39, 0.29) is 34.3 Å². The lowest BCUT2D eigenvalue weighted by molar-refractivity contribution is -0.147. The molecule has 3 aromatic rings. The van der Waals surface area contributed by atoms with Crippen LogP contribution in [0.15, 0.2) is 47.5 Å². The number of ether oxygens (including phenoxy) is 1. The smallest absolute Gasteiger partial charge is 0.308 e. The van der Waals surface area contributed by atoms with Crippen molar-refractivity contribution < 1.29 is 14.3 Å². The van der Waals surface area contributed by atoms with Crippen LogP contribution in [0.3, 0.4) is 0 Å². The highest BCUT2D eigenvalue weighted by atomic mass is 35.5. The number of aromatic nitrogens is 2. The lowest BCUT2D eigenvalue weighted by Gasteiger charge is -2.10. The molecule has 0 aliphatic rings. The van der Waals surface area contributed by atoms with Crippen LogP contribution in [0.5, 0.6) is 0 Å². The number of nitrogens with zero attached hydrogens (tertiary/aromatic N) is 2. The number of fused-ring (bicyclic) bond motifs is 1. The number of hydrogen-bond donors (Lipinski definition) is 1. The van der Waals surface area contributed by atoms with Gasteiger partial charge < -0.3 is 10.1 Å². The number of carbonyl (C=O) groups excluding carboxylic acids is 2. The highest BCUT2D eigenvalue weighted by Gasteiger charge is 2.14. The summed E-state index contributed by atoms with van der Waals surface area (Å²) in [7, 11) is 0. The maximum atomic E-state index is 12.4. The molecule has 2 aromatic carbocycles. The molecule has 0 unspecified atom stereocenters. The number of aryl methyl sites for hydroxylation is 1. The van der Waals surface area contributed by atoms with Crippen molar-refractivity contribution in [2.75, 3.05) is 11.9 Å². The SMILES string of the molecule is O=C(COC(=O)CCn1cnc2ccccc2c1=O)Nc1c(Cl)cc(Cl)cc1Cl. The van der Waals surface area contributed by atoms with Gasteiger partial charge in [0.15, 0.2) is 6.61 Å². The van der Waals surface area contributed by atoms with Crippen LogP contribution in [0.4, 0.5) is 5.69 Å². The quantitative estimate of drug-likeness (QED) is 0.570. The fourth-order valence-electron chi connectivity index (χ4n) is 2.53. The van der Waals surface area contributed by atoms with Gasteiger partial charge in [0.25, 0.3) is 11.5 Å². The van der Waals surface area contributed by atoms with Crippen LogP contribution in [-0.2, 0) is 20.9 Å². The summed E-state index contributed by atoms with van der Waals surface area (Å²) in [6, 6.07) is 9.76. The summed E-state index contributed by atoms with van der Waals surface area (Å²) in [6.07, 6.45) is 1.27. The molecule has 150 valence electrons. The predicted molar refractivity (Wildman–Crippen MR) is 112 cm³/mol. The van der Waals surface area contributed by atoms with Gasteiger partial charge in [0.2, 0.25) is 0 Å². The Kier molecular flexibility index (Phi) is 6.74. The monoisotopic (exact) mass is 453 g/mol. The molecular formula is C19H14Cl3N3O4. The third-order valence-electron chi connectivity index (χ3n) is 3.92. The molecule has 0 saturated heterocycles. The summed E-state index contributed by atoms with van der Waals surface area (Å²) in [4.78, 5) is 40.4. The van der Waals surface area contributed by atoms with E-state index in [1.807, 2.05) is 0 Å². The van der Waals surface area contributed by atoms with Gasteiger partial charge in [-0.2, -0.15) is 0 Å². The summed E-state index contributed by atoms with van der Waals surface area (Å²) < 4.78 is 6.25. The second-order valence-electron chi connectivity index (χ2n) is 5.96. The third-order valence-corrected chi connectivity index (χ3v) is 4.74. The van der Waals surface area contributed by atoms with Crippen LogP contribution in [-0.4, -0.2) is 28.0 Å². The Morgan fingerprint density at radius 2 is 1.79 bits per heavy atom. The van der Waals surface area contributed by atoms with Crippen molar-refractivity contribution in [2.45, 2.75) is 13.0 Å². The highest BCUT2D eigenvalue weighted by molar-refractivity contribution is 6.42. The Hall–Kier alpha value is -2.61. The Morgan fingerprint density at radius 3 is 2.52 bits per heavy atom. The van der Waals surface area contributed by atoms with Gasteiger partial charge in [0, 0.05) is 11.6 Å². The fourth-order valence-corrected chi connectivity index (χ4v) is 3.44. The molecule has 1 N–H and O–H groups in total. The summed E-state index contributed by atoms with van der Waals surface area (Å²) >= 11 is 17.8. The van der Waals surface area contributed by atoms with Crippen LogP contribution < -0.4 is 10.9 Å². The number of hydrogen-bond acceptors (Lipinski definition) is 5. The number of rotatable bonds is 6. The van der Waals surface area contributed by atoms with Gasteiger partial charge in [-0.15, -0.1) is 0 Å². The van der Waals surface area contributed by atoms with E-state index in [1.54, 1.807) is 24.3 Å². The highest BCUT2D eigenvalue weighted by Crippen LogP contribution is 2.33. The Labute approximate surface area is 180 Å². The molecule has 0 radical (unpaired) electrons. The minimum absolute atomic E-state index is 0.0754. The first-order valence-corrected chi connectivity index (χ1v) is 9.53. The molecule has 0 saturated carbocycles. The van der Waals surface area contributed by atoms with Crippen molar-refractivity contribution in [2.24, 2.45) is 0 Å². The molecule has 1 aromatic heterocycles. The molecule has 10 heteroatoms. The van der Waals surface area contributed by atoms with Gasteiger partial charge in [-0.05, 0) is 24.3 Å². The van der Waals surface area contributed by atoms with Crippen molar-refractivity contribution >= 4 is 63.3 Å². The Bertz CT molecular complexity index is 1120. The molecule has 0 aliphatic carbocycles. The van der Waals surface area contributed by atoms with Crippen molar-refractivity contribution in [1.29, 1.82) is 0 Å². The second-order valence-corrected chi connectivity index (χ2v) is 7.21. The van der Waals surface area contributed by atoms with E-state index in [0.717, 1.165) is 0 Å². The average molecular weight is 455 g/mol. The summed E-state index contributed by atoms with van der Waals surface area (Å²) in [5.74, 6) is -1.26. The van der Waals surface area contributed by atoms with Gasteiger partial charge in [-0.25, -0.2) is 4.98 Å². The molecule has 1 heterocycles. The first-order valence-electron chi connectivity index (χ1n) is 8.39. The molecule has 0 bridgehead atoms. The van der Waals surface area contributed by atoms with Crippen molar-refractivity contribution in [3.05, 3.63) is 68.1 Å². The lowest BCUT2D eigenvalue weighted by atomic mass is 10.2. The van der Waals surface area contributed by atoms with Crippen LogP contribution in [0.2, 0.25) is 15.1 Å². The van der Waals surface area contributed by atoms with Gasteiger partial charge in [-0.1, -0.05) is 46.9 Å². The van der Waals surface area contributed by atoms with Crippen molar-refractivity contribution in [3.8, 4) is 0 Å². The summed E-state index contributed by atoms with van der Waals surface area (Å²) in [5, 5.41) is 3.56. The predicted octanol–water partition coefficient (Wildman–Crippen LogP) is 3.93. The van der Waals surface area contributed by atoms with E-state index in [9.17, 15) is 14.4 Å². The number of nitrogens with one attached hydrogen (secondary N) is 1. The molecule has 0 spiro atoms. The van der Waals surface area contributed by atoms with Crippen LogP contribution in [0.25, 0.3) is 10.9 Å². The summed E-state index contributed by atoms with van der Waals surface area (Å²) in [6.45, 7) is -0.453. The first kappa shape index (κ1) is 21.1. The van der Waals surface area contributed by atoms with Crippen LogP contribution in [0, 0.1) is 0 Å². The first-order chi connectivity index (χ1) is 13.8. The normalized spacial score (nSPS) is 10.7. The average Bonchev–Trinajstić information content (AvgIpc) is 2.69. The van der Waals surface area contributed by atoms with Crippen LogP contribution in [0.1, 0.15) is 6.42 Å². The van der Waals surface area contributed by atoms with Gasteiger partial charge in [-0.3, -0.25) is 19.0 Å². The second kappa shape index (κ2) is 9.26. The zero-order valence-corrected chi connectivity index (χ0v) is 17.1. The largest absolute Gasteiger partial charge is 0.456 e. The zero-order valence-electron chi connectivity index (χ0n) is 14.8. The van der Waals surface area contributed by atoms with E-state index in [0.29, 0.717) is 15.9 Å². The minimum Gasteiger partial charge on any atom is -0.456 e. The molecule has 7 nitrogen and oxygen atoms in total. The fraction of sp³-hybridized carbons (Fsp3) is 0.158. The number of para-hydroxylation sites is 1. The van der Waals surface area contributed by atoms with Crippen molar-refractivity contribution in [1.82, 2.24) is 9.55 Å². The standard InChI is InChI=1S/C19H14Cl3N3O4/c20-11-7-13(21)18(14(22)8-11)24-16(26)9-29-17(27)5-6-25-10-23-15-4-2-1-3-12(15)19(25)28/h1-4,7-8,10H,5-6,9H2,(H,24,26). The van der Waals surface area contributed by atoms with Gasteiger partial charge in [0.05, 0.1) is 39.4 Å². The topological polar surface area (TPSA) is 90.3 Å². The van der Waals surface area contributed by atoms with Gasteiger partial charge in [0.1, 0.15) is 0 Å². The van der Waals surface area contributed by atoms with Crippen molar-refractivity contribution in [3.63, 3.8) is 0 Å². The number of amides is 1. The molecule has 29 heavy (non-hydrogen) atoms.